The molecule has 134 valence electrons. The van der Waals surface area contributed by atoms with E-state index in [0.29, 0.717) is 17.9 Å². The number of H-pyrrole nitrogens is 1. The lowest BCUT2D eigenvalue weighted by molar-refractivity contribution is 0.0973. The van der Waals surface area contributed by atoms with Crippen molar-refractivity contribution in [2.75, 3.05) is 7.11 Å². The number of aromatic hydroxyl groups is 1. The van der Waals surface area contributed by atoms with Gasteiger partial charge in [0.2, 0.25) is 5.88 Å². The van der Waals surface area contributed by atoms with E-state index < -0.39 is 22.9 Å². The number of carbonyl (C=O) groups excluding carboxylic acids is 1. The Morgan fingerprint density at radius 1 is 1.16 bits per heavy atom. The average molecular weight is 346 g/mol. The standard InChI is InChI=1S/C18H22N2O5/c1-3-4-5-6-7-14(21)15-16(22)19-18(24)20(17(15)23)12-8-10-13(25-2)11-9-12/h8-11,23H,3-7H2,1-2H3,(H,19,22,24). The van der Waals surface area contributed by atoms with E-state index in [-0.39, 0.29) is 12.0 Å². The van der Waals surface area contributed by atoms with Crippen LogP contribution in [-0.4, -0.2) is 27.6 Å². The zero-order valence-corrected chi connectivity index (χ0v) is 14.4. The first-order valence-corrected chi connectivity index (χ1v) is 8.25. The summed E-state index contributed by atoms with van der Waals surface area (Å²) in [6.45, 7) is 2.06. The number of ether oxygens (including phenoxy) is 1. The molecule has 0 bridgehead atoms. The van der Waals surface area contributed by atoms with Crippen molar-refractivity contribution >= 4 is 5.78 Å². The minimum atomic E-state index is -0.868. The number of nitrogens with one attached hydrogen (secondary N) is 1. The normalized spacial score (nSPS) is 10.6. The Balaban J connectivity index is 2.40. The lowest BCUT2D eigenvalue weighted by Gasteiger charge is -2.11. The summed E-state index contributed by atoms with van der Waals surface area (Å²) in [5.74, 6) is -0.538. The first kappa shape index (κ1) is 18.5. The van der Waals surface area contributed by atoms with E-state index in [0.717, 1.165) is 23.8 Å². The largest absolute Gasteiger partial charge is 0.497 e. The summed E-state index contributed by atoms with van der Waals surface area (Å²) >= 11 is 0. The molecule has 7 nitrogen and oxygen atoms in total. The van der Waals surface area contributed by atoms with E-state index in [1.807, 2.05) is 0 Å². The number of hydrogen-bond acceptors (Lipinski definition) is 5. The number of aromatic amines is 1. The van der Waals surface area contributed by atoms with E-state index >= 15 is 0 Å². The molecule has 0 aliphatic carbocycles. The summed E-state index contributed by atoms with van der Waals surface area (Å²) in [7, 11) is 1.51. The number of ketones is 1. The van der Waals surface area contributed by atoms with Gasteiger partial charge in [-0.2, -0.15) is 0 Å². The van der Waals surface area contributed by atoms with E-state index in [9.17, 15) is 19.5 Å². The molecule has 7 heteroatoms. The van der Waals surface area contributed by atoms with E-state index in [4.69, 9.17) is 4.74 Å². The second kappa shape index (κ2) is 8.32. The van der Waals surface area contributed by atoms with Crippen LogP contribution in [0.5, 0.6) is 11.6 Å². The zero-order valence-electron chi connectivity index (χ0n) is 14.4. The quantitative estimate of drug-likeness (QED) is 0.564. The Morgan fingerprint density at radius 3 is 2.44 bits per heavy atom. The van der Waals surface area contributed by atoms with Crippen LogP contribution in [0.3, 0.4) is 0 Å². The monoisotopic (exact) mass is 346 g/mol. The fraction of sp³-hybridized carbons (Fsp3) is 0.389. The Labute approximate surface area is 144 Å². The van der Waals surface area contributed by atoms with Gasteiger partial charge >= 0.3 is 5.69 Å². The molecule has 2 aromatic rings. The summed E-state index contributed by atoms with van der Waals surface area (Å²) < 4.78 is 5.95. The minimum absolute atomic E-state index is 0.150. The summed E-state index contributed by atoms with van der Waals surface area (Å²) in [4.78, 5) is 38.5. The van der Waals surface area contributed by atoms with Gasteiger partial charge in [0.25, 0.3) is 5.56 Å². The van der Waals surface area contributed by atoms with Crippen LogP contribution >= 0.6 is 0 Å². The highest BCUT2D eigenvalue weighted by Crippen LogP contribution is 2.20. The van der Waals surface area contributed by atoms with Crippen molar-refractivity contribution in [3.8, 4) is 17.3 Å². The fourth-order valence-corrected chi connectivity index (χ4v) is 2.58. The molecule has 1 aromatic heterocycles. The van der Waals surface area contributed by atoms with Crippen molar-refractivity contribution in [1.29, 1.82) is 0 Å². The predicted octanol–water partition coefficient (Wildman–Crippen LogP) is 2.39. The van der Waals surface area contributed by atoms with Gasteiger partial charge < -0.3 is 9.84 Å². The van der Waals surface area contributed by atoms with Crippen LogP contribution in [0.4, 0.5) is 0 Å². The zero-order chi connectivity index (χ0) is 18.4. The molecule has 1 aromatic carbocycles. The molecule has 0 saturated heterocycles. The van der Waals surface area contributed by atoms with E-state index in [1.54, 1.807) is 24.3 Å². The molecule has 0 atom stereocenters. The second-order valence-electron chi connectivity index (χ2n) is 5.73. The summed E-state index contributed by atoms with van der Waals surface area (Å²) in [6, 6.07) is 6.32. The molecule has 1 heterocycles. The van der Waals surface area contributed by atoms with Crippen LogP contribution in [0.15, 0.2) is 33.9 Å². The molecule has 0 spiro atoms. The number of rotatable bonds is 8. The molecular formula is C18H22N2O5. The van der Waals surface area contributed by atoms with E-state index in [1.165, 1.54) is 7.11 Å². The molecule has 0 unspecified atom stereocenters. The highest BCUT2D eigenvalue weighted by Gasteiger charge is 2.21. The van der Waals surface area contributed by atoms with Crippen LogP contribution < -0.4 is 16.0 Å². The van der Waals surface area contributed by atoms with E-state index in [2.05, 4.69) is 11.9 Å². The lowest BCUT2D eigenvalue weighted by atomic mass is 10.1. The lowest BCUT2D eigenvalue weighted by Crippen LogP contribution is -2.33. The molecule has 25 heavy (non-hydrogen) atoms. The summed E-state index contributed by atoms with van der Waals surface area (Å²) in [5.41, 5.74) is -1.74. The number of aromatic nitrogens is 2. The number of methoxy groups -OCH3 is 1. The maximum absolute atomic E-state index is 12.3. The molecule has 0 saturated carbocycles. The molecule has 2 rings (SSSR count). The fourth-order valence-electron chi connectivity index (χ4n) is 2.58. The van der Waals surface area contributed by atoms with Gasteiger partial charge in [-0.15, -0.1) is 0 Å². The first-order chi connectivity index (χ1) is 12.0. The minimum Gasteiger partial charge on any atom is -0.497 e. The molecule has 2 N–H and O–H groups in total. The number of nitrogens with zero attached hydrogens (tertiary/aromatic N) is 1. The van der Waals surface area contributed by atoms with Crippen LogP contribution in [-0.2, 0) is 0 Å². The number of hydrogen-bond donors (Lipinski definition) is 2. The Morgan fingerprint density at radius 2 is 1.84 bits per heavy atom. The van der Waals surface area contributed by atoms with Crippen molar-refractivity contribution in [2.24, 2.45) is 0 Å². The van der Waals surface area contributed by atoms with Crippen molar-refractivity contribution in [3.05, 3.63) is 50.7 Å². The number of Topliss-reactive ketones (excluding diaryl/α,β-unsaturated/α-hetero) is 1. The predicted molar refractivity (Wildman–Crippen MR) is 94.0 cm³/mol. The average Bonchev–Trinajstić information content (AvgIpc) is 2.59. The van der Waals surface area contributed by atoms with Crippen molar-refractivity contribution in [1.82, 2.24) is 9.55 Å². The number of unbranched alkanes of at least 4 members (excludes halogenated alkanes) is 3. The van der Waals surface area contributed by atoms with Gasteiger partial charge in [-0.1, -0.05) is 26.2 Å². The highest BCUT2D eigenvalue weighted by molar-refractivity contribution is 5.97. The molecular weight excluding hydrogens is 324 g/mol. The molecule has 0 fully saturated rings. The highest BCUT2D eigenvalue weighted by atomic mass is 16.5. The number of carbonyl (C=O) groups is 1. The van der Waals surface area contributed by atoms with Crippen molar-refractivity contribution < 1.29 is 14.6 Å². The van der Waals surface area contributed by atoms with Crippen LogP contribution in [0.25, 0.3) is 5.69 Å². The van der Waals surface area contributed by atoms with Crippen molar-refractivity contribution in [3.63, 3.8) is 0 Å². The van der Waals surface area contributed by atoms with Crippen LogP contribution in [0, 0.1) is 0 Å². The molecule has 0 amide bonds. The third kappa shape index (κ3) is 4.17. The Kier molecular flexibility index (Phi) is 6.16. The maximum Gasteiger partial charge on any atom is 0.335 e. The van der Waals surface area contributed by atoms with Crippen molar-refractivity contribution in [2.45, 2.75) is 39.0 Å². The van der Waals surface area contributed by atoms with Gasteiger partial charge in [0, 0.05) is 6.42 Å². The van der Waals surface area contributed by atoms with Gasteiger partial charge in [0.1, 0.15) is 11.3 Å². The Hall–Kier alpha value is -2.83. The third-order valence-electron chi connectivity index (χ3n) is 3.95. The topological polar surface area (TPSA) is 101 Å². The van der Waals surface area contributed by atoms with Gasteiger partial charge in [0.05, 0.1) is 12.8 Å². The molecule has 0 aliphatic rings. The third-order valence-corrected chi connectivity index (χ3v) is 3.95. The first-order valence-electron chi connectivity index (χ1n) is 8.25. The molecule has 0 aliphatic heterocycles. The smallest absolute Gasteiger partial charge is 0.335 e. The number of benzene rings is 1. The van der Waals surface area contributed by atoms with Crippen LogP contribution in [0.1, 0.15) is 49.4 Å². The second-order valence-corrected chi connectivity index (χ2v) is 5.73. The molecule has 0 radical (unpaired) electrons. The van der Waals surface area contributed by atoms with Crippen LogP contribution in [0.2, 0.25) is 0 Å². The maximum atomic E-state index is 12.3. The van der Waals surface area contributed by atoms with Gasteiger partial charge in [-0.25, -0.2) is 9.36 Å². The SMILES string of the molecule is CCCCCCC(=O)c1c(O)n(-c2ccc(OC)cc2)c(=O)[nH]c1=O. The van der Waals surface area contributed by atoms with Gasteiger partial charge in [0.15, 0.2) is 5.78 Å². The Bertz CT molecular complexity index is 849. The van der Waals surface area contributed by atoms with Gasteiger partial charge in [-0.3, -0.25) is 14.6 Å². The van der Waals surface area contributed by atoms with Gasteiger partial charge in [-0.05, 0) is 30.7 Å². The summed E-state index contributed by atoms with van der Waals surface area (Å²) in [5, 5.41) is 10.4. The summed E-state index contributed by atoms with van der Waals surface area (Å²) in [6.07, 6.45) is 3.69.